The number of carbonyl (C=O) groups excluding carboxylic acids is 2. The van der Waals surface area contributed by atoms with Crippen molar-refractivity contribution in [1.82, 2.24) is 9.62 Å². The Balaban J connectivity index is 1.62. The molecule has 0 aliphatic rings. The Labute approximate surface area is 293 Å². The number of hydrogen-bond acceptors (Lipinski definition) is 8. The van der Waals surface area contributed by atoms with Gasteiger partial charge in [-0.25, -0.2) is 13.2 Å². The minimum atomic E-state index is -3.96. The zero-order valence-electron chi connectivity index (χ0n) is 27.9. The van der Waals surface area contributed by atoms with Crippen LogP contribution < -0.4 is 16.4 Å². The monoisotopic (exact) mass is 704 g/mol. The van der Waals surface area contributed by atoms with Gasteiger partial charge in [0.25, 0.3) is 0 Å². The summed E-state index contributed by atoms with van der Waals surface area (Å²) in [6.07, 6.45) is -0.158. The third kappa shape index (κ3) is 10.1. The summed E-state index contributed by atoms with van der Waals surface area (Å²) in [4.78, 5) is 27.5. The Kier molecular flexibility index (Phi) is 13.7. The van der Waals surface area contributed by atoms with Gasteiger partial charge in [0.2, 0.25) is 15.9 Å². The van der Waals surface area contributed by atoms with Gasteiger partial charge < -0.3 is 26.2 Å². The number of para-hydroxylation sites is 1. The first-order valence-electron chi connectivity index (χ1n) is 16.0. The number of rotatable bonds is 16. The Hall–Kier alpha value is -4.36. The number of methoxy groups -OCH3 is 1. The Bertz CT molecular complexity index is 1720. The van der Waals surface area contributed by atoms with Gasteiger partial charge in [0.1, 0.15) is 6.04 Å². The van der Waals surface area contributed by atoms with E-state index in [9.17, 15) is 23.1 Å². The van der Waals surface area contributed by atoms with Gasteiger partial charge in [0, 0.05) is 28.8 Å². The average Bonchev–Trinajstić information content (AvgIpc) is 3.10. The fourth-order valence-electron chi connectivity index (χ4n) is 5.36. The molecule has 0 bridgehead atoms. The molecule has 0 aliphatic carbocycles. The second kappa shape index (κ2) is 17.9. The van der Waals surface area contributed by atoms with Crippen molar-refractivity contribution >= 4 is 45.2 Å². The second-order valence-electron chi connectivity index (χ2n) is 11.9. The molecule has 2 amide bonds. The predicted molar refractivity (Wildman–Crippen MR) is 195 cm³/mol. The number of hydrogen-bond donors (Lipinski definition) is 4. The maximum absolute atomic E-state index is 14.1. The van der Waals surface area contributed by atoms with E-state index in [1.807, 2.05) is 86.6 Å². The highest BCUT2D eigenvalue weighted by atomic mass is 32.2. The topological polar surface area (TPSA) is 151 Å². The molecule has 4 rings (SSSR count). The number of amides is 2. The molecule has 0 aromatic heterocycles. The molecule has 2 atom stereocenters. The molecule has 1 unspecified atom stereocenters. The van der Waals surface area contributed by atoms with Gasteiger partial charge >= 0.3 is 6.09 Å². The van der Waals surface area contributed by atoms with Crippen LogP contribution in [-0.2, 0) is 19.6 Å². The third-order valence-electron chi connectivity index (χ3n) is 8.00. The summed E-state index contributed by atoms with van der Waals surface area (Å²) in [5.41, 5.74) is 8.37. The first-order chi connectivity index (χ1) is 23.5. The van der Waals surface area contributed by atoms with E-state index in [2.05, 4.69) is 10.6 Å². The number of benzene rings is 4. The summed E-state index contributed by atoms with van der Waals surface area (Å²) < 4.78 is 33.9. The van der Waals surface area contributed by atoms with Crippen molar-refractivity contribution in [3.8, 4) is 0 Å². The molecule has 0 radical (unpaired) electrons. The number of nitrogen functional groups attached to an aromatic ring is 1. The number of sulfonamides is 1. The van der Waals surface area contributed by atoms with E-state index in [0.717, 1.165) is 11.1 Å². The first kappa shape index (κ1) is 37.5. The number of nitrogens with zero attached hydrogens (tertiary/aromatic N) is 1. The molecule has 12 heteroatoms. The summed E-state index contributed by atoms with van der Waals surface area (Å²) in [5.74, 6) is -0.586. The van der Waals surface area contributed by atoms with Gasteiger partial charge in [-0.3, -0.25) is 4.79 Å². The highest BCUT2D eigenvalue weighted by Crippen LogP contribution is 2.33. The van der Waals surface area contributed by atoms with E-state index < -0.39 is 46.6 Å². The number of nitrogens with one attached hydrogen (secondary N) is 2. The predicted octanol–water partition coefficient (Wildman–Crippen LogP) is 5.95. The van der Waals surface area contributed by atoms with E-state index in [0.29, 0.717) is 22.7 Å². The number of nitrogens with two attached hydrogens (primary N) is 1. The fourth-order valence-corrected chi connectivity index (χ4v) is 8.19. The molecule has 5 N–H and O–H groups in total. The van der Waals surface area contributed by atoms with Crippen LogP contribution in [0.4, 0.5) is 16.2 Å². The molecule has 4 aromatic carbocycles. The van der Waals surface area contributed by atoms with E-state index >= 15 is 0 Å². The number of anilines is 2. The van der Waals surface area contributed by atoms with Gasteiger partial charge in [-0.1, -0.05) is 86.6 Å². The molecular weight excluding hydrogens is 661 g/mol. The first-order valence-corrected chi connectivity index (χ1v) is 18.4. The molecule has 0 saturated carbocycles. The zero-order valence-corrected chi connectivity index (χ0v) is 29.5. The minimum absolute atomic E-state index is 0.0945. The van der Waals surface area contributed by atoms with Crippen molar-refractivity contribution < 1.29 is 27.9 Å². The number of carbonyl (C=O) groups is 2. The van der Waals surface area contributed by atoms with Crippen molar-refractivity contribution in [3.05, 3.63) is 120 Å². The lowest BCUT2D eigenvalue weighted by molar-refractivity contribution is -0.118. The van der Waals surface area contributed by atoms with Crippen LogP contribution in [-0.4, -0.2) is 67.9 Å². The van der Waals surface area contributed by atoms with Crippen molar-refractivity contribution in [2.24, 2.45) is 5.92 Å². The summed E-state index contributed by atoms with van der Waals surface area (Å²) in [6.45, 7) is 3.83. The van der Waals surface area contributed by atoms with Gasteiger partial charge in [-0.2, -0.15) is 4.31 Å². The molecular formula is C37H44N4O6S2. The molecule has 260 valence electrons. The minimum Gasteiger partial charge on any atom is -0.453 e. The van der Waals surface area contributed by atoms with E-state index in [4.69, 9.17) is 10.5 Å². The van der Waals surface area contributed by atoms with Gasteiger partial charge in [-0.05, 0) is 59.9 Å². The van der Waals surface area contributed by atoms with E-state index in [-0.39, 0.29) is 23.1 Å². The van der Waals surface area contributed by atoms with Crippen LogP contribution in [0.5, 0.6) is 0 Å². The number of alkyl carbamates (subject to hydrolysis) is 1. The highest BCUT2D eigenvalue weighted by Gasteiger charge is 2.34. The largest absolute Gasteiger partial charge is 0.453 e. The van der Waals surface area contributed by atoms with Crippen LogP contribution in [0.2, 0.25) is 0 Å². The lowest BCUT2D eigenvalue weighted by Crippen LogP contribution is -2.48. The van der Waals surface area contributed by atoms with Crippen LogP contribution in [0.3, 0.4) is 0 Å². The van der Waals surface area contributed by atoms with Gasteiger partial charge in [-0.15, -0.1) is 11.8 Å². The van der Waals surface area contributed by atoms with Gasteiger partial charge in [0.15, 0.2) is 0 Å². The summed E-state index contributed by atoms with van der Waals surface area (Å²) in [5, 5.41) is 16.2. The smallest absolute Gasteiger partial charge is 0.407 e. The zero-order chi connectivity index (χ0) is 35.4. The molecule has 0 fully saturated rings. The Morgan fingerprint density at radius 2 is 1.45 bits per heavy atom. The molecule has 0 heterocycles. The third-order valence-corrected chi connectivity index (χ3v) is 11.2. The van der Waals surface area contributed by atoms with Crippen LogP contribution in [0, 0.1) is 5.92 Å². The highest BCUT2D eigenvalue weighted by molar-refractivity contribution is 7.99. The van der Waals surface area contributed by atoms with Crippen LogP contribution in [0.25, 0.3) is 0 Å². The molecule has 10 nitrogen and oxygen atoms in total. The Morgan fingerprint density at radius 3 is 2.00 bits per heavy atom. The van der Waals surface area contributed by atoms with Crippen LogP contribution >= 0.6 is 11.8 Å². The fraction of sp³-hybridized carbons (Fsp3) is 0.297. The molecule has 0 spiro atoms. The summed E-state index contributed by atoms with van der Waals surface area (Å²) in [7, 11) is -2.72. The number of ether oxygens (including phenoxy) is 1. The van der Waals surface area contributed by atoms with Crippen molar-refractivity contribution in [2.45, 2.75) is 48.1 Å². The summed E-state index contributed by atoms with van der Waals surface area (Å²) >= 11 is 1.32. The maximum Gasteiger partial charge on any atom is 0.407 e. The SMILES string of the molecule is COC(=O)N[C@H](C(=O)Nc1ccccc1SCC(CO)N(CCC(C)C)S(=O)(=O)c1ccc(N)cc1)C(c1ccccc1)c1ccccc1. The number of thioether (sulfide) groups is 1. The maximum atomic E-state index is 14.1. The average molecular weight is 705 g/mol. The molecule has 0 saturated heterocycles. The Morgan fingerprint density at radius 1 is 0.878 bits per heavy atom. The quantitative estimate of drug-likeness (QED) is 0.0825. The van der Waals surface area contributed by atoms with Crippen molar-refractivity contribution in [2.75, 3.05) is 37.1 Å². The molecule has 49 heavy (non-hydrogen) atoms. The van der Waals surface area contributed by atoms with E-state index in [1.165, 1.54) is 47.4 Å². The van der Waals surface area contributed by atoms with Crippen molar-refractivity contribution in [1.29, 1.82) is 0 Å². The lowest BCUT2D eigenvalue weighted by atomic mass is 9.84. The molecule has 0 aliphatic heterocycles. The van der Waals surface area contributed by atoms with Crippen LogP contribution in [0.15, 0.2) is 119 Å². The number of aliphatic hydroxyl groups excluding tert-OH is 1. The standard InChI is InChI=1S/C37H44N4O6S2/c1-26(2)22-23-41(49(45,46)31-20-18-29(38)19-21-31)30(24-42)25-48-33-17-11-10-16-32(33)39-36(43)35(40-37(44)47-3)34(27-12-6-4-7-13-27)28-14-8-5-9-15-28/h4-21,26,30,34-35,42H,22-25,38H2,1-3H3,(H,39,43)(H,40,44)/t30?,35-/m0/s1. The lowest BCUT2D eigenvalue weighted by Gasteiger charge is -2.30. The van der Waals surface area contributed by atoms with Crippen LogP contribution in [0.1, 0.15) is 37.3 Å². The van der Waals surface area contributed by atoms with Gasteiger partial charge in [0.05, 0.1) is 30.3 Å². The second-order valence-corrected chi connectivity index (χ2v) is 14.9. The molecule has 4 aromatic rings. The van der Waals surface area contributed by atoms with Crippen molar-refractivity contribution in [3.63, 3.8) is 0 Å². The number of aliphatic hydroxyl groups is 1. The summed E-state index contributed by atoms with van der Waals surface area (Å²) in [6, 6.07) is 30.2. The van der Waals surface area contributed by atoms with E-state index in [1.54, 1.807) is 12.1 Å². The normalized spacial score (nSPS) is 12.9.